The summed E-state index contributed by atoms with van der Waals surface area (Å²) in [6.45, 7) is 11.7. The van der Waals surface area contributed by atoms with Crippen LogP contribution in [0.25, 0.3) is 0 Å². The van der Waals surface area contributed by atoms with Crippen LogP contribution in [0.5, 0.6) is 0 Å². The van der Waals surface area contributed by atoms with Gasteiger partial charge in [-0.1, -0.05) is 44.2 Å². The van der Waals surface area contributed by atoms with Gasteiger partial charge >= 0.3 is 6.09 Å². The van der Waals surface area contributed by atoms with Crippen LogP contribution in [-0.4, -0.2) is 48.9 Å². The van der Waals surface area contributed by atoms with Crippen LogP contribution in [0.15, 0.2) is 48.5 Å². The monoisotopic (exact) mass is 527 g/mol. The maximum absolute atomic E-state index is 13.9. The standard InChI is InChI=1S/C30H42FN3O4/c1-29(2,3)38-28(36)32-15-14-30(4,5)18-27(35)34(21-37-20-22-9-7-6-8-10-22)16-13-23-19-33-26-12-11-24(31)17-25(23)26/h6-12,17,23,33H,13-16,18-21H2,1-5H3,(H,32,36). The number of alkyl carbamates (subject to hydrolysis) is 1. The minimum Gasteiger partial charge on any atom is -0.444 e. The highest BCUT2D eigenvalue weighted by molar-refractivity contribution is 5.76. The SMILES string of the molecule is CC(C)(CCNC(=O)OC(C)(C)C)CC(=O)N(CCC1CNc2ccc(F)cc21)COCc1ccccc1. The van der Waals surface area contributed by atoms with E-state index in [1.54, 1.807) is 17.0 Å². The second-order valence-corrected chi connectivity index (χ2v) is 11.7. The molecule has 1 atom stereocenters. The van der Waals surface area contributed by atoms with E-state index < -0.39 is 11.7 Å². The number of benzene rings is 2. The van der Waals surface area contributed by atoms with Gasteiger partial charge in [-0.15, -0.1) is 0 Å². The van der Waals surface area contributed by atoms with E-state index in [1.165, 1.54) is 6.07 Å². The zero-order valence-electron chi connectivity index (χ0n) is 23.3. The number of halogens is 1. The minimum absolute atomic E-state index is 0.00856. The van der Waals surface area contributed by atoms with Gasteiger partial charge in [0, 0.05) is 37.7 Å². The van der Waals surface area contributed by atoms with Gasteiger partial charge in [0.25, 0.3) is 0 Å². The Hall–Kier alpha value is -3.13. The number of anilines is 1. The van der Waals surface area contributed by atoms with Gasteiger partial charge < -0.3 is 25.0 Å². The summed E-state index contributed by atoms with van der Waals surface area (Å²) in [6, 6.07) is 14.7. The van der Waals surface area contributed by atoms with Crippen LogP contribution in [0.2, 0.25) is 0 Å². The van der Waals surface area contributed by atoms with Crippen LogP contribution in [-0.2, 0) is 20.9 Å². The first-order valence-corrected chi connectivity index (χ1v) is 13.3. The molecule has 0 aliphatic carbocycles. The van der Waals surface area contributed by atoms with Crippen molar-refractivity contribution in [1.29, 1.82) is 0 Å². The fourth-order valence-corrected chi connectivity index (χ4v) is 4.48. The number of hydrogen-bond acceptors (Lipinski definition) is 5. The Morgan fingerprint density at radius 3 is 2.55 bits per heavy atom. The highest BCUT2D eigenvalue weighted by atomic mass is 19.1. The van der Waals surface area contributed by atoms with Crippen LogP contribution in [0.1, 0.15) is 70.9 Å². The number of nitrogens with one attached hydrogen (secondary N) is 2. The lowest BCUT2D eigenvalue weighted by Gasteiger charge is -2.30. The molecule has 1 aliphatic heterocycles. The molecule has 0 bridgehead atoms. The Morgan fingerprint density at radius 2 is 1.84 bits per heavy atom. The molecule has 208 valence electrons. The normalized spacial score (nSPS) is 14.9. The maximum Gasteiger partial charge on any atom is 0.407 e. The average molecular weight is 528 g/mol. The predicted octanol–water partition coefficient (Wildman–Crippen LogP) is 6.06. The van der Waals surface area contributed by atoms with Crippen molar-refractivity contribution in [3.63, 3.8) is 0 Å². The zero-order valence-corrected chi connectivity index (χ0v) is 23.3. The van der Waals surface area contributed by atoms with E-state index in [2.05, 4.69) is 10.6 Å². The number of carbonyl (C=O) groups is 2. The van der Waals surface area contributed by atoms with Crippen molar-refractivity contribution in [2.75, 3.05) is 31.7 Å². The van der Waals surface area contributed by atoms with Gasteiger partial charge in [0.15, 0.2) is 0 Å². The molecule has 1 unspecified atom stereocenters. The van der Waals surface area contributed by atoms with Gasteiger partial charge in [0.2, 0.25) is 5.91 Å². The number of fused-ring (bicyclic) bond motifs is 1. The third kappa shape index (κ3) is 9.63. The molecule has 0 saturated heterocycles. The molecule has 8 heteroatoms. The molecule has 0 spiro atoms. The average Bonchev–Trinajstić information content (AvgIpc) is 3.22. The fourth-order valence-electron chi connectivity index (χ4n) is 4.48. The summed E-state index contributed by atoms with van der Waals surface area (Å²) in [6.07, 6.45) is 1.17. The van der Waals surface area contributed by atoms with E-state index in [4.69, 9.17) is 9.47 Å². The molecule has 0 radical (unpaired) electrons. The number of hydrogen-bond donors (Lipinski definition) is 2. The molecule has 0 fully saturated rings. The van der Waals surface area contributed by atoms with Crippen molar-refractivity contribution >= 4 is 17.7 Å². The third-order valence-electron chi connectivity index (χ3n) is 6.55. The molecule has 1 heterocycles. The second-order valence-electron chi connectivity index (χ2n) is 11.7. The lowest BCUT2D eigenvalue weighted by Crippen LogP contribution is -2.38. The van der Waals surface area contributed by atoms with Crippen molar-refractivity contribution in [2.45, 2.75) is 72.0 Å². The first kappa shape index (κ1) is 29.4. The minimum atomic E-state index is -0.559. The van der Waals surface area contributed by atoms with Gasteiger partial charge in [0.05, 0.1) is 6.61 Å². The van der Waals surface area contributed by atoms with Gasteiger partial charge in [-0.25, -0.2) is 9.18 Å². The number of carbonyl (C=O) groups excluding carboxylic acids is 2. The molecule has 0 saturated carbocycles. The van der Waals surface area contributed by atoms with Gasteiger partial charge in [-0.05, 0) is 68.4 Å². The molecule has 2 amide bonds. The summed E-state index contributed by atoms with van der Waals surface area (Å²) in [5.74, 6) is -0.139. The van der Waals surface area contributed by atoms with Crippen molar-refractivity contribution in [3.8, 4) is 0 Å². The van der Waals surface area contributed by atoms with E-state index in [9.17, 15) is 14.0 Å². The molecule has 7 nitrogen and oxygen atoms in total. The predicted molar refractivity (Wildman–Crippen MR) is 147 cm³/mol. The summed E-state index contributed by atoms with van der Waals surface area (Å²) >= 11 is 0. The van der Waals surface area contributed by atoms with Crippen molar-refractivity contribution in [2.24, 2.45) is 5.41 Å². The summed E-state index contributed by atoms with van der Waals surface area (Å²) in [5.41, 5.74) is 2.05. The summed E-state index contributed by atoms with van der Waals surface area (Å²) in [7, 11) is 0. The summed E-state index contributed by atoms with van der Waals surface area (Å²) in [4.78, 5) is 27.2. The number of rotatable bonds is 12. The highest BCUT2D eigenvalue weighted by Crippen LogP contribution is 2.34. The molecule has 1 aliphatic rings. The Morgan fingerprint density at radius 1 is 1.11 bits per heavy atom. The Labute approximate surface area is 226 Å². The van der Waals surface area contributed by atoms with Crippen LogP contribution >= 0.6 is 0 Å². The van der Waals surface area contributed by atoms with Crippen LogP contribution in [0, 0.1) is 11.2 Å². The van der Waals surface area contributed by atoms with E-state index in [1.807, 2.05) is 65.0 Å². The van der Waals surface area contributed by atoms with Crippen LogP contribution in [0.4, 0.5) is 14.9 Å². The quantitative estimate of drug-likeness (QED) is 0.328. The van der Waals surface area contributed by atoms with Crippen molar-refractivity contribution in [1.82, 2.24) is 10.2 Å². The Bertz CT molecular complexity index is 1070. The van der Waals surface area contributed by atoms with Crippen molar-refractivity contribution < 1.29 is 23.5 Å². The lowest BCUT2D eigenvalue weighted by molar-refractivity contribution is -0.139. The molecule has 2 N–H and O–H groups in total. The first-order chi connectivity index (χ1) is 17.9. The highest BCUT2D eigenvalue weighted by Gasteiger charge is 2.28. The lowest BCUT2D eigenvalue weighted by atomic mass is 9.85. The molecule has 2 aromatic rings. The molecule has 38 heavy (non-hydrogen) atoms. The molecule has 0 aromatic heterocycles. The molecule has 2 aromatic carbocycles. The van der Waals surface area contributed by atoms with E-state index in [-0.39, 0.29) is 29.8 Å². The molecular formula is C30H42FN3O4. The zero-order chi connectivity index (χ0) is 27.8. The summed E-state index contributed by atoms with van der Waals surface area (Å²) < 4.78 is 25.1. The van der Waals surface area contributed by atoms with E-state index in [0.717, 1.165) is 16.8 Å². The van der Waals surface area contributed by atoms with Crippen molar-refractivity contribution in [3.05, 3.63) is 65.5 Å². The Kier molecular flexibility index (Phi) is 10.1. The topological polar surface area (TPSA) is 79.9 Å². The first-order valence-electron chi connectivity index (χ1n) is 13.3. The molecular weight excluding hydrogens is 485 g/mol. The largest absolute Gasteiger partial charge is 0.444 e. The summed E-state index contributed by atoms with van der Waals surface area (Å²) in [5, 5.41) is 6.11. The maximum atomic E-state index is 13.9. The smallest absolute Gasteiger partial charge is 0.407 e. The number of ether oxygens (including phenoxy) is 2. The van der Waals surface area contributed by atoms with Gasteiger partial charge in [-0.2, -0.15) is 0 Å². The second kappa shape index (κ2) is 13.1. The number of nitrogens with zero attached hydrogens (tertiary/aromatic N) is 1. The Balaban J connectivity index is 1.57. The van der Waals surface area contributed by atoms with Crippen LogP contribution < -0.4 is 10.6 Å². The number of amides is 2. The van der Waals surface area contributed by atoms with Gasteiger partial charge in [-0.3, -0.25) is 4.79 Å². The fraction of sp³-hybridized carbons (Fsp3) is 0.533. The third-order valence-corrected chi connectivity index (χ3v) is 6.55. The van der Waals surface area contributed by atoms with Gasteiger partial charge in [0.1, 0.15) is 18.1 Å². The molecule has 3 rings (SSSR count). The van der Waals surface area contributed by atoms with E-state index >= 15 is 0 Å². The van der Waals surface area contributed by atoms with E-state index in [0.29, 0.717) is 45.5 Å². The van der Waals surface area contributed by atoms with Crippen LogP contribution in [0.3, 0.4) is 0 Å².